The van der Waals surface area contributed by atoms with Crippen LogP contribution in [0.5, 0.6) is 0 Å². The molecule has 1 N–H and O–H groups in total. The van der Waals surface area contributed by atoms with Crippen LogP contribution in [0.4, 0.5) is 10.1 Å². The lowest BCUT2D eigenvalue weighted by molar-refractivity contribution is 0.101. The highest BCUT2D eigenvalue weighted by Crippen LogP contribution is 2.27. The predicted octanol–water partition coefficient (Wildman–Crippen LogP) is 5.60. The van der Waals surface area contributed by atoms with E-state index < -0.39 is 5.91 Å². The van der Waals surface area contributed by atoms with Gasteiger partial charge in [-0.1, -0.05) is 35.9 Å². The zero-order chi connectivity index (χ0) is 21.3. The maximum absolute atomic E-state index is 13.4. The summed E-state index contributed by atoms with van der Waals surface area (Å²) in [4.78, 5) is 17.3. The van der Waals surface area contributed by atoms with Crippen LogP contribution in [-0.2, 0) is 0 Å². The largest absolute Gasteiger partial charge is 0.318 e. The van der Waals surface area contributed by atoms with E-state index in [2.05, 4.69) is 15.4 Å². The van der Waals surface area contributed by atoms with E-state index >= 15 is 0 Å². The summed E-state index contributed by atoms with van der Waals surface area (Å²) in [6, 6.07) is 18.9. The highest BCUT2D eigenvalue weighted by molar-refractivity contribution is 6.34. The number of nitrogens with one attached hydrogen (secondary N) is 1. The highest BCUT2D eigenvalue weighted by atomic mass is 35.5. The fraction of sp³-hybridized carbons (Fsp3) is 0.0870. The predicted molar refractivity (Wildman–Crippen MR) is 116 cm³/mol. The number of nitrogens with zero attached hydrogens (tertiary/aromatic N) is 3. The summed E-state index contributed by atoms with van der Waals surface area (Å²) < 4.78 is 15.0. The van der Waals surface area contributed by atoms with Gasteiger partial charge in [-0.05, 0) is 67.4 Å². The number of aromatic nitrogens is 3. The molecule has 0 unspecified atom stereocenters. The van der Waals surface area contributed by atoms with Gasteiger partial charge in [0.05, 0.1) is 16.4 Å². The quantitative estimate of drug-likeness (QED) is 0.467. The minimum Gasteiger partial charge on any atom is -0.318 e. The molecule has 0 aliphatic rings. The molecule has 0 saturated heterocycles. The minimum absolute atomic E-state index is 0.0184. The molecule has 0 atom stereocenters. The van der Waals surface area contributed by atoms with Crippen LogP contribution in [0.3, 0.4) is 0 Å². The van der Waals surface area contributed by atoms with Gasteiger partial charge in [0.15, 0.2) is 5.82 Å². The molecule has 1 aromatic heterocycles. The monoisotopic (exact) mass is 420 g/mol. The van der Waals surface area contributed by atoms with Crippen LogP contribution in [0.1, 0.15) is 21.7 Å². The summed E-state index contributed by atoms with van der Waals surface area (Å²) >= 11 is 6.23. The summed E-state index contributed by atoms with van der Waals surface area (Å²) in [5, 5.41) is 7.65. The number of halogens is 2. The van der Waals surface area contributed by atoms with E-state index in [1.165, 1.54) is 12.1 Å². The molecule has 0 bridgehead atoms. The average Bonchev–Trinajstić information content (AvgIpc) is 3.17. The standard InChI is InChI=1S/C23H18ClFN4O/c1-14-5-3-7-18(13-14)29-22(16-9-11-17(25)12-10-16)27-21(28-29)23(30)26-20-15(2)6-4-8-19(20)24/h3-13H,1-2H3,(H,26,30). The first-order chi connectivity index (χ1) is 14.4. The summed E-state index contributed by atoms with van der Waals surface area (Å²) in [5.74, 6) is -0.426. The van der Waals surface area contributed by atoms with Crippen LogP contribution in [0.25, 0.3) is 17.1 Å². The van der Waals surface area contributed by atoms with E-state index in [1.807, 2.05) is 50.2 Å². The number of aryl methyl sites for hydroxylation is 2. The second-order valence-corrected chi connectivity index (χ2v) is 7.31. The number of para-hydroxylation sites is 1. The zero-order valence-corrected chi connectivity index (χ0v) is 17.1. The molecule has 1 amide bonds. The van der Waals surface area contributed by atoms with Crippen molar-refractivity contribution >= 4 is 23.2 Å². The van der Waals surface area contributed by atoms with Crippen LogP contribution in [0.15, 0.2) is 66.7 Å². The van der Waals surface area contributed by atoms with Gasteiger partial charge in [-0.3, -0.25) is 4.79 Å². The van der Waals surface area contributed by atoms with E-state index in [1.54, 1.807) is 22.9 Å². The second kappa shape index (κ2) is 8.08. The summed E-state index contributed by atoms with van der Waals surface area (Å²) in [6.45, 7) is 3.82. The number of hydrogen-bond donors (Lipinski definition) is 1. The van der Waals surface area contributed by atoms with Gasteiger partial charge in [-0.25, -0.2) is 14.1 Å². The second-order valence-electron chi connectivity index (χ2n) is 6.90. The van der Waals surface area contributed by atoms with Crippen LogP contribution in [0, 0.1) is 19.7 Å². The van der Waals surface area contributed by atoms with Crippen molar-refractivity contribution in [2.45, 2.75) is 13.8 Å². The number of carbonyl (C=O) groups excluding carboxylic acids is 1. The first-order valence-electron chi connectivity index (χ1n) is 9.29. The van der Waals surface area contributed by atoms with Gasteiger partial charge < -0.3 is 5.32 Å². The Bertz CT molecular complexity index is 1210. The first kappa shape index (κ1) is 19.8. The lowest BCUT2D eigenvalue weighted by Crippen LogP contribution is -2.15. The Morgan fingerprint density at radius 3 is 2.47 bits per heavy atom. The Kier molecular flexibility index (Phi) is 5.33. The Labute approximate surface area is 178 Å². The SMILES string of the molecule is Cc1cccc(-n2nc(C(=O)Nc3c(C)cccc3Cl)nc2-c2ccc(F)cc2)c1. The molecule has 1 heterocycles. The van der Waals surface area contributed by atoms with Crippen LogP contribution < -0.4 is 5.32 Å². The first-order valence-corrected chi connectivity index (χ1v) is 9.66. The van der Waals surface area contributed by atoms with Crippen molar-refractivity contribution in [1.29, 1.82) is 0 Å². The van der Waals surface area contributed by atoms with Crippen molar-refractivity contribution in [2.24, 2.45) is 0 Å². The molecule has 0 fully saturated rings. The molecular formula is C23H18ClFN4O. The van der Waals surface area contributed by atoms with Gasteiger partial charge >= 0.3 is 0 Å². The zero-order valence-electron chi connectivity index (χ0n) is 16.4. The van der Waals surface area contributed by atoms with E-state index in [4.69, 9.17) is 11.6 Å². The molecule has 4 aromatic rings. The third-order valence-corrected chi connectivity index (χ3v) is 4.93. The van der Waals surface area contributed by atoms with Gasteiger partial charge in [-0.15, -0.1) is 5.10 Å². The average molecular weight is 421 g/mol. The summed E-state index contributed by atoms with van der Waals surface area (Å²) in [7, 11) is 0. The minimum atomic E-state index is -0.485. The highest BCUT2D eigenvalue weighted by Gasteiger charge is 2.20. The van der Waals surface area contributed by atoms with Crippen LogP contribution in [-0.4, -0.2) is 20.7 Å². The molecule has 7 heteroatoms. The normalized spacial score (nSPS) is 10.8. The number of anilines is 1. The maximum atomic E-state index is 13.4. The molecule has 0 spiro atoms. The third kappa shape index (κ3) is 3.95. The van der Waals surface area contributed by atoms with Crippen molar-refractivity contribution < 1.29 is 9.18 Å². The molecule has 0 saturated carbocycles. The van der Waals surface area contributed by atoms with E-state index in [0.29, 0.717) is 22.1 Å². The fourth-order valence-electron chi connectivity index (χ4n) is 3.09. The molecule has 3 aromatic carbocycles. The van der Waals surface area contributed by atoms with Crippen molar-refractivity contribution in [1.82, 2.24) is 14.8 Å². The van der Waals surface area contributed by atoms with E-state index in [9.17, 15) is 9.18 Å². The number of benzene rings is 3. The van der Waals surface area contributed by atoms with Crippen LogP contribution in [0.2, 0.25) is 5.02 Å². The van der Waals surface area contributed by atoms with Crippen molar-refractivity contribution in [3.8, 4) is 17.1 Å². The summed E-state index contributed by atoms with van der Waals surface area (Å²) in [6.07, 6.45) is 0. The smallest absolute Gasteiger partial charge is 0.295 e. The van der Waals surface area contributed by atoms with Gasteiger partial charge in [0, 0.05) is 5.56 Å². The van der Waals surface area contributed by atoms with E-state index in [-0.39, 0.29) is 11.6 Å². The number of rotatable bonds is 4. The van der Waals surface area contributed by atoms with Crippen molar-refractivity contribution in [3.05, 3.63) is 94.5 Å². The maximum Gasteiger partial charge on any atom is 0.295 e. The molecule has 150 valence electrons. The Hall–Kier alpha value is -3.51. The summed E-state index contributed by atoms with van der Waals surface area (Å²) in [5.41, 5.74) is 3.76. The fourth-order valence-corrected chi connectivity index (χ4v) is 3.36. The van der Waals surface area contributed by atoms with Gasteiger partial charge in [-0.2, -0.15) is 0 Å². The van der Waals surface area contributed by atoms with Crippen molar-refractivity contribution in [3.63, 3.8) is 0 Å². The van der Waals surface area contributed by atoms with Gasteiger partial charge in [0.1, 0.15) is 5.82 Å². The van der Waals surface area contributed by atoms with E-state index in [0.717, 1.165) is 16.8 Å². The molecule has 0 radical (unpaired) electrons. The molecule has 4 rings (SSSR count). The van der Waals surface area contributed by atoms with Crippen LogP contribution >= 0.6 is 11.6 Å². The lowest BCUT2D eigenvalue weighted by atomic mass is 10.2. The third-order valence-electron chi connectivity index (χ3n) is 4.62. The molecule has 0 aliphatic carbocycles. The molecule has 30 heavy (non-hydrogen) atoms. The number of amides is 1. The number of carbonyl (C=O) groups is 1. The number of hydrogen-bond acceptors (Lipinski definition) is 3. The Balaban J connectivity index is 1.78. The van der Waals surface area contributed by atoms with Gasteiger partial charge in [0.2, 0.25) is 5.82 Å². The molecule has 0 aliphatic heterocycles. The Morgan fingerprint density at radius 1 is 1.03 bits per heavy atom. The van der Waals surface area contributed by atoms with Crippen molar-refractivity contribution in [2.75, 3.05) is 5.32 Å². The topological polar surface area (TPSA) is 59.8 Å². The lowest BCUT2D eigenvalue weighted by Gasteiger charge is -2.08. The molecule has 5 nitrogen and oxygen atoms in total. The Morgan fingerprint density at radius 2 is 1.77 bits per heavy atom. The molecular weight excluding hydrogens is 403 g/mol. The van der Waals surface area contributed by atoms with Gasteiger partial charge in [0.25, 0.3) is 5.91 Å².